The molecular formula is C15H17F3N2O. The predicted molar refractivity (Wildman–Crippen MR) is 74.3 cm³/mol. The van der Waals surface area contributed by atoms with Gasteiger partial charge in [0, 0.05) is 25.2 Å². The molecule has 1 atom stereocenters. The van der Waals surface area contributed by atoms with Crippen molar-refractivity contribution in [2.45, 2.75) is 25.6 Å². The third-order valence-electron chi connectivity index (χ3n) is 3.54. The first-order chi connectivity index (χ1) is 9.77. The van der Waals surface area contributed by atoms with Crippen LogP contribution in [0.4, 0.5) is 13.2 Å². The highest BCUT2D eigenvalue weighted by molar-refractivity contribution is 5.95. The van der Waals surface area contributed by atoms with Crippen LogP contribution in [0.3, 0.4) is 0 Å². The molecule has 1 fully saturated rings. The summed E-state index contributed by atoms with van der Waals surface area (Å²) < 4.78 is 37.5. The van der Waals surface area contributed by atoms with E-state index in [2.05, 4.69) is 0 Å². The Hall–Kier alpha value is -1.82. The lowest BCUT2D eigenvalue weighted by Gasteiger charge is -2.14. The minimum absolute atomic E-state index is 0.00808. The summed E-state index contributed by atoms with van der Waals surface area (Å²) >= 11 is 0. The Morgan fingerprint density at radius 3 is 2.43 bits per heavy atom. The average Bonchev–Trinajstić information content (AvgIpc) is 2.84. The second kappa shape index (κ2) is 5.89. The summed E-state index contributed by atoms with van der Waals surface area (Å²) in [7, 11) is 0. The quantitative estimate of drug-likeness (QED) is 0.853. The topological polar surface area (TPSA) is 46.3 Å². The molecule has 0 aromatic heterocycles. The molecule has 114 valence electrons. The van der Waals surface area contributed by atoms with Crippen molar-refractivity contribution < 1.29 is 18.0 Å². The van der Waals surface area contributed by atoms with Crippen molar-refractivity contribution in [1.82, 2.24) is 4.90 Å². The summed E-state index contributed by atoms with van der Waals surface area (Å²) in [6.07, 6.45) is -2.13. The number of nitrogens with two attached hydrogens (primary N) is 1. The van der Waals surface area contributed by atoms with Crippen LogP contribution >= 0.6 is 0 Å². The second-order valence-corrected chi connectivity index (χ2v) is 5.24. The van der Waals surface area contributed by atoms with Gasteiger partial charge in [-0.25, -0.2) is 0 Å². The molecule has 21 heavy (non-hydrogen) atoms. The Labute approximate surface area is 121 Å². The van der Waals surface area contributed by atoms with Crippen molar-refractivity contribution in [3.8, 4) is 0 Å². The van der Waals surface area contributed by atoms with Gasteiger partial charge < -0.3 is 10.6 Å². The fourth-order valence-corrected chi connectivity index (χ4v) is 2.27. The van der Waals surface area contributed by atoms with Crippen molar-refractivity contribution in [1.29, 1.82) is 0 Å². The molecule has 3 nitrogen and oxygen atoms in total. The molecule has 1 aliphatic heterocycles. The molecule has 1 aromatic rings. The van der Waals surface area contributed by atoms with E-state index in [1.807, 2.05) is 0 Å². The number of carbonyl (C=O) groups is 1. The van der Waals surface area contributed by atoms with Crippen LogP contribution in [0.15, 0.2) is 30.3 Å². The van der Waals surface area contributed by atoms with Crippen LogP contribution in [0.5, 0.6) is 0 Å². The Balaban J connectivity index is 2.10. The summed E-state index contributed by atoms with van der Waals surface area (Å²) in [6.45, 7) is 2.85. The first-order valence-corrected chi connectivity index (χ1v) is 6.68. The summed E-state index contributed by atoms with van der Waals surface area (Å²) in [4.78, 5) is 13.7. The van der Waals surface area contributed by atoms with Gasteiger partial charge in [0.05, 0.1) is 5.56 Å². The monoisotopic (exact) mass is 298 g/mol. The lowest BCUT2D eigenvalue weighted by molar-refractivity contribution is -0.137. The first kappa shape index (κ1) is 15.6. The van der Waals surface area contributed by atoms with Crippen molar-refractivity contribution in [3.05, 3.63) is 41.5 Å². The minimum atomic E-state index is -4.35. The SMILES string of the molecule is C/C(=C\C(=O)N1CCC(N)C1)c1ccc(C(F)(F)F)cc1. The molecule has 0 spiro atoms. The van der Waals surface area contributed by atoms with E-state index >= 15 is 0 Å². The summed E-state index contributed by atoms with van der Waals surface area (Å²) in [5.74, 6) is -0.152. The van der Waals surface area contributed by atoms with Gasteiger partial charge in [-0.2, -0.15) is 13.2 Å². The van der Waals surface area contributed by atoms with Gasteiger partial charge in [-0.1, -0.05) is 12.1 Å². The Bertz CT molecular complexity index is 549. The number of nitrogens with zero attached hydrogens (tertiary/aromatic N) is 1. The smallest absolute Gasteiger partial charge is 0.338 e. The van der Waals surface area contributed by atoms with Crippen LogP contribution in [0.25, 0.3) is 5.57 Å². The highest BCUT2D eigenvalue weighted by atomic mass is 19.4. The van der Waals surface area contributed by atoms with Crippen LogP contribution in [0, 0.1) is 0 Å². The van der Waals surface area contributed by atoms with E-state index < -0.39 is 11.7 Å². The molecule has 2 N–H and O–H groups in total. The Morgan fingerprint density at radius 2 is 1.95 bits per heavy atom. The molecule has 0 aliphatic carbocycles. The van der Waals surface area contributed by atoms with Crippen LogP contribution < -0.4 is 5.73 Å². The van der Waals surface area contributed by atoms with Gasteiger partial charge in [-0.05, 0) is 36.6 Å². The highest BCUT2D eigenvalue weighted by Gasteiger charge is 2.30. The molecule has 2 rings (SSSR count). The highest BCUT2D eigenvalue weighted by Crippen LogP contribution is 2.30. The zero-order valence-electron chi connectivity index (χ0n) is 11.7. The van der Waals surface area contributed by atoms with Crippen LogP contribution in [-0.4, -0.2) is 29.9 Å². The van der Waals surface area contributed by atoms with Crippen LogP contribution in [-0.2, 0) is 11.0 Å². The molecule has 1 heterocycles. The standard InChI is InChI=1S/C15H17F3N2O/c1-10(8-14(21)20-7-6-13(19)9-20)11-2-4-12(5-3-11)15(16,17)18/h2-5,8,13H,6-7,9,19H2,1H3/b10-8+. The van der Waals surface area contributed by atoms with E-state index in [0.29, 0.717) is 24.2 Å². The van der Waals surface area contributed by atoms with Gasteiger partial charge in [-0.15, -0.1) is 0 Å². The maximum absolute atomic E-state index is 12.5. The number of hydrogen-bond acceptors (Lipinski definition) is 2. The number of alkyl halides is 3. The average molecular weight is 298 g/mol. The van der Waals surface area contributed by atoms with E-state index in [0.717, 1.165) is 18.6 Å². The fraction of sp³-hybridized carbons (Fsp3) is 0.400. The van der Waals surface area contributed by atoms with Gasteiger partial charge >= 0.3 is 6.18 Å². The van der Waals surface area contributed by atoms with E-state index in [4.69, 9.17) is 5.73 Å². The number of likely N-dealkylation sites (tertiary alicyclic amines) is 1. The molecule has 1 amide bonds. The van der Waals surface area contributed by atoms with Crippen molar-refractivity contribution in [3.63, 3.8) is 0 Å². The summed E-state index contributed by atoms with van der Waals surface area (Å²) in [5, 5.41) is 0. The fourth-order valence-electron chi connectivity index (χ4n) is 2.27. The van der Waals surface area contributed by atoms with Crippen LogP contribution in [0.2, 0.25) is 0 Å². The molecule has 1 saturated heterocycles. The maximum Gasteiger partial charge on any atom is 0.416 e. The molecule has 6 heteroatoms. The molecule has 1 aliphatic rings. The third kappa shape index (κ3) is 3.85. The lowest BCUT2D eigenvalue weighted by Crippen LogP contribution is -2.30. The number of rotatable bonds is 2. The van der Waals surface area contributed by atoms with E-state index in [1.54, 1.807) is 11.8 Å². The number of amides is 1. The number of allylic oxidation sites excluding steroid dienone is 1. The van der Waals surface area contributed by atoms with Gasteiger partial charge in [0.25, 0.3) is 0 Å². The Morgan fingerprint density at radius 1 is 1.33 bits per heavy atom. The first-order valence-electron chi connectivity index (χ1n) is 6.68. The van der Waals surface area contributed by atoms with Crippen LogP contribution in [0.1, 0.15) is 24.5 Å². The second-order valence-electron chi connectivity index (χ2n) is 5.24. The lowest BCUT2D eigenvalue weighted by atomic mass is 10.0. The number of halogens is 3. The van der Waals surface area contributed by atoms with Gasteiger partial charge in [0.15, 0.2) is 0 Å². The third-order valence-corrected chi connectivity index (χ3v) is 3.54. The van der Waals surface area contributed by atoms with E-state index in [-0.39, 0.29) is 11.9 Å². The number of carbonyl (C=O) groups excluding carboxylic acids is 1. The van der Waals surface area contributed by atoms with Crippen molar-refractivity contribution >= 4 is 11.5 Å². The number of hydrogen-bond donors (Lipinski definition) is 1. The predicted octanol–water partition coefficient (Wildman–Crippen LogP) is 2.67. The normalized spacial score (nSPS) is 20.0. The van der Waals surface area contributed by atoms with Gasteiger partial charge in [0.1, 0.15) is 0 Å². The molecule has 0 bridgehead atoms. The molecular weight excluding hydrogens is 281 g/mol. The molecule has 1 unspecified atom stereocenters. The summed E-state index contributed by atoms with van der Waals surface area (Å²) in [5.41, 5.74) is 6.27. The zero-order valence-corrected chi connectivity index (χ0v) is 11.7. The Kier molecular flexibility index (Phi) is 4.37. The van der Waals surface area contributed by atoms with E-state index in [9.17, 15) is 18.0 Å². The van der Waals surface area contributed by atoms with Crippen molar-refractivity contribution in [2.24, 2.45) is 5.73 Å². The van der Waals surface area contributed by atoms with E-state index in [1.165, 1.54) is 18.2 Å². The minimum Gasteiger partial charge on any atom is -0.338 e. The molecule has 0 radical (unpaired) electrons. The van der Waals surface area contributed by atoms with Crippen molar-refractivity contribution in [2.75, 3.05) is 13.1 Å². The summed E-state index contributed by atoms with van der Waals surface area (Å²) in [6, 6.07) is 4.79. The molecule has 0 saturated carbocycles. The maximum atomic E-state index is 12.5. The molecule has 1 aromatic carbocycles. The van der Waals surface area contributed by atoms with Gasteiger partial charge in [-0.3, -0.25) is 4.79 Å². The zero-order chi connectivity index (χ0) is 15.6. The number of benzene rings is 1. The van der Waals surface area contributed by atoms with Gasteiger partial charge in [0.2, 0.25) is 5.91 Å². The largest absolute Gasteiger partial charge is 0.416 e.